The molecule has 4 N–H and O–H groups in total. The summed E-state index contributed by atoms with van der Waals surface area (Å²) in [6, 6.07) is 8.72. The van der Waals surface area contributed by atoms with Crippen LogP contribution in [0.4, 0.5) is 0 Å². The smallest absolute Gasteiger partial charge is 0.185 e. The minimum Gasteiger partial charge on any atom is -0.370 e. The second kappa shape index (κ2) is 4.24. The number of rotatable bonds is 2. The topological polar surface area (TPSA) is 64.4 Å². The van der Waals surface area contributed by atoms with E-state index in [-0.39, 0.29) is 29.9 Å². The Morgan fingerprint density at radius 1 is 1.31 bits per heavy atom. The Balaban J connectivity index is 0.000000963. The monoisotopic (exact) mass is 329 g/mol. The molecule has 1 saturated carbocycles. The van der Waals surface area contributed by atoms with E-state index in [1.54, 1.807) is 0 Å². The molecular weight excluding hydrogens is 313 g/mol. The summed E-state index contributed by atoms with van der Waals surface area (Å²) in [6.07, 6.45) is 1.21. The lowest BCUT2D eigenvalue weighted by atomic mass is 10.0. The van der Waals surface area contributed by atoms with Crippen LogP contribution in [0.5, 0.6) is 0 Å². The lowest BCUT2D eigenvalue weighted by molar-refractivity contribution is 0.701. The number of aliphatic imine (C=N–C) groups is 1. The summed E-state index contributed by atoms with van der Waals surface area (Å²) in [7, 11) is 0. The molecule has 0 aliphatic heterocycles. The maximum Gasteiger partial charge on any atom is 0.185 e. The van der Waals surface area contributed by atoms with Crippen molar-refractivity contribution in [3.8, 4) is 0 Å². The van der Waals surface area contributed by atoms with Crippen molar-refractivity contribution in [2.24, 2.45) is 28.3 Å². The molecule has 2 aliphatic rings. The Kier molecular flexibility index (Phi) is 3.10. The molecule has 3 rings (SSSR count). The molecule has 86 valence electrons. The molecule has 0 aromatic heterocycles. The summed E-state index contributed by atoms with van der Waals surface area (Å²) in [5, 5.41) is 0. The van der Waals surface area contributed by atoms with Crippen LogP contribution in [0.25, 0.3) is 0 Å². The second-order valence-corrected chi connectivity index (χ2v) is 4.52. The number of nitrogens with two attached hydrogens (primary N) is 2. The van der Waals surface area contributed by atoms with E-state index in [1.165, 1.54) is 17.5 Å². The minimum atomic E-state index is 0. The van der Waals surface area contributed by atoms with Gasteiger partial charge in [0.1, 0.15) is 0 Å². The van der Waals surface area contributed by atoms with Crippen molar-refractivity contribution >= 4 is 29.9 Å². The van der Waals surface area contributed by atoms with E-state index in [0.717, 1.165) is 18.4 Å². The molecule has 0 amide bonds. The highest BCUT2D eigenvalue weighted by atomic mass is 127. The number of hydrogen-bond acceptors (Lipinski definition) is 1. The fourth-order valence-electron chi connectivity index (χ4n) is 2.94. The Morgan fingerprint density at radius 3 is 2.81 bits per heavy atom. The standard InChI is InChI=1S/C12H15N3.HI/c13-12(14)15-6-10-9-5-7-3-1-2-4-8(7)11(9)10;/h1-4,9-11H,5-6H2,(H4,13,14,15);1H. The van der Waals surface area contributed by atoms with Crippen molar-refractivity contribution < 1.29 is 0 Å². The Morgan fingerprint density at radius 2 is 2.06 bits per heavy atom. The van der Waals surface area contributed by atoms with Crippen LogP contribution in [-0.2, 0) is 6.42 Å². The van der Waals surface area contributed by atoms with Crippen LogP contribution in [0, 0.1) is 11.8 Å². The zero-order valence-electron chi connectivity index (χ0n) is 8.97. The number of fused-ring (bicyclic) bond motifs is 3. The minimum absolute atomic E-state index is 0. The van der Waals surface area contributed by atoms with E-state index >= 15 is 0 Å². The van der Waals surface area contributed by atoms with Gasteiger partial charge in [-0.25, -0.2) is 0 Å². The van der Waals surface area contributed by atoms with Gasteiger partial charge >= 0.3 is 0 Å². The predicted octanol–water partition coefficient (Wildman–Crippen LogP) is 1.46. The number of hydrogen-bond donors (Lipinski definition) is 2. The molecule has 2 aliphatic carbocycles. The molecule has 3 unspecified atom stereocenters. The first-order valence-electron chi connectivity index (χ1n) is 5.40. The quantitative estimate of drug-likeness (QED) is 0.490. The highest BCUT2D eigenvalue weighted by Crippen LogP contribution is 2.61. The summed E-state index contributed by atoms with van der Waals surface area (Å²) in [6.45, 7) is 0.798. The van der Waals surface area contributed by atoms with Gasteiger partial charge in [-0.3, -0.25) is 4.99 Å². The van der Waals surface area contributed by atoms with Crippen LogP contribution in [0.3, 0.4) is 0 Å². The zero-order valence-corrected chi connectivity index (χ0v) is 11.3. The Hall–Kier alpha value is -0.780. The second-order valence-electron chi connectivity index (χ2n) is 4.52. The molecule has 1 aromatic carbocycles. The molecular formula is C12H16IN3. The third kappa shape index (κ3) is 1.79. The fourth-order valence-corrected chi connectivity index (χ4v) is 2.94. The van der Waals surface area contributed by atoms with Gasteiger partial charge in [-0.05, 0) is 35.3 Å². The van der Waals surface area contributed by atoms with Gasteiger partial charge in [-0.2, -0.15) is 0 Å². The highest BCUT2D eigenvalue weighted by molar-refractivity contribution is 14.0. The van der Waals surface area contributed by atoms with Gasteiger partial charge < -0.3 is 11.5 Å². The van der Waals surface area contributed by atoms with Gasteiger partial charge in [0.15, 0.2) is 5.96 Å². The maximum absolute atomic E-state index is 5.34. The van der Waals surface area contributed by atoms with Gasteiger partial charge in [0.05, 0.1) is 0 Å². The van der Waals surface area contributed by atoms with Crippen LogP contribution >= 0.6 is 24.0 Å². The molecule has 1 fully saturated rings. The van der Waals surface area contributed by atoms with E-state index in [0.29, 0.717) is 5.92 Å². The first kappa shape index (κ1) is 11.7. The molecule has 0 bridgehead atoms. The number of guanidine groups is 1. The number of halogens is 1. The third-order valence-corrected chi connectivity index (χ3v) is 3.69. The van der Waals surface area contributed by atoms with Gasteiger partial charge in [-0.15, -0.1) is 24.0 Å². The molecule has 0 saturated heterocycles. The highest BCUT2D eigenvalue weighted by Gasteiger charge is 2.54. The molecule has 0 heterocycles. The molecule has 0 spiro atoms. The van der Waals surface area contributed by atoms with Crippen molar-refractivity contribution in [1.82, 2.24) is 0 Å². The first-order chi connectivity index (χ1) is 7.27. The predicted molar refractivity (Wildman–Crippen MR) is 76.0 cm³/mol. The molecule has 0 radical (unpaired) electrons. The van der Waals surface area contributed by atoms with Crippen molar-refractivity contribution in [3.63, 3.8) is 0 Å². The van der Waals surface area contributed by atoms with E-state index in [4.69, 9.17) is 11.5 Å². The summed E-state index contributed by atoms with van der Waals surface area (Å²) in [5.74, 6) is 2.42. The lowest BCUT2D eigenvalue weighted by Gasteiger charge is -2.04. The van der Waals surface area contributed by atoms with Gasteiger partial charge in [0.25, 0.3) is 0 Å². The van der Waals surface area contributed by atoms with Crippen molar-refractivity contribution in [2.75, 3.05) is 6.54 Å². The molecule has 3 atom stereocenters. The normalized spacial score (nSPS) is 28.6. The SMILES string of the molecule is I.NC(N)=NCC1C2Cc3ccccc3C12. The van der Waals surface area contributed by atoms with Crippen LogP contribution in [-0.4, -0.2) is 12.5 Å². The van der Waals surface area contributed by atoms with Crippen LogP contribution < -0.4 is 11.5 Å². The van der Waals surface area contributed by atoms with E-state index < -0.39 is 0 Å². The fraction of sp³-hybridized carbons (Fsp3) is 0.417. The summed E-state index contributed by atoms with van der Waals surface area (Å²) in [5.41, 5.74) is 13.7. The summed E-state index contributed by atoms with van der Waals surface area (Å²) in [4.78, 5) is 4.11. The number of nitrogens with zero attached hydrogens (tertiary/aromatic N) is 1. The van der Waals surface area contributed by atoms with Gasteiger partial charge in [0.2, 0.25) is 0 Å². The van der Waals surface area contributed by atoms with Crippen molar-refractivity contribution in [1.29, 1.82) is 0 Å². The third-order valence-electron chi connectivity index (χ3n) is 3.69. The maximum atomic E-state index is 5.34. The lowest BCUT2D eigenvalue weighted by Crippen LogP contribution is -2.23. The van der Waals surface area contributed by atoms with Gasteiger partial charge in [0, 0.05) is 6.54 Å². The van der Waals surface area contributed by atoms with Crippen molar-refractivity contribution in [3.05, 3.63) is 35.4 Å². The van der Waals surface area contributed by atoms with E-state index in [1.807, 2.05) is 0 Å². The average Bonchev–Trinajstić information content (AvgIpc) is 2.76. The van der Waals surface area contributed by atoms with Crippen LogP contribution in [0.1, 0.15) is 17.0 Å². The average molecular weight is 329 g/mol. The van der Waals surface area contributed by atoms with Crippen LogP contribution in [0.2, 0.25) is 0 Å². The summed E-state index contributed by atoms with van der Waals surface area (Å²) >= 11 is 0. The van der Waals surface area contributed by atoms with Crippen molar-refractivity contribution in [2.45, 2.75) is 12.3 Å². The Bertz CT molecular complexity index is 426. The Labute approximate surface area is 112 Å². The van der Waals surface area contributed by atoms with E-state index in [2.05, 4.69) is 29.3 Å². The summed E-state index contributed by atoms with van der Waals surface area (Å²) < 4.78 is 0. The largest absolute Gasteiger partial charge is 0.370 e. The number of benzene rings is 1. The molecule has 1 aromatic rings. The molecule has 16 heavy (non-hydrogen) atoms. The van der Waals surface area contributed by atoms with E-state index in [9.17, 15) is 0 Å². The molecule has 3 nitrogen and oxygen atoms in total. The first-order valence-corrected chi connectivity index (χ1v) is 5.40. The molecule has 4 heteroatoms. The van der Waals surface area contributed by atoms with Crippen LogP contribution in [0.15, 0.2) is 29.3 Å². The zero-order chi connectivity index (χ0) is 10.4. The van der Waals surface area contributed by atoms with Gasteiger partial charge in [-0.1, -0.05) is 24.3 Å².